The Kier molecular flexibility index (Phi) is 3.68. The molecule has 0 fully saturated rings. The molecular formula is C16H17N3O2. The van der Waals surface area contributed by atoms with Crippen molar-refractivity contribution in [2.75, 3.05) is 11.4 Å². The summed E-state index contributed by atoms with van der Waals surface area (Å²) in [7, 11) is 0. The van der Waals surface area contributed by atoms with Crippen LogP contribution in [0.5, 0.6) is 0 Å². The molecule has 0 aliphatic carbocycles. The number of carbonyl (C=O) groups is 1. The monoisotopic (exact) mass is 283 g/mol. The molecule has 5 nitrogen and oxygen atoms in total. The molecule has 2 atom stereocenters. The number of amides is 1. The summed E-state index contributed by atoms with van der Waals surface area (Å²) >= 11 is 0. The molecule has 0 radical (unpaired) electrons. The molecule has 1 aromatic carbocycles. The normalized spacial score (nSPS) is 16.4. The molecule has 2 aromatic rings. The summed E-state index contributed by atoms with van der Waals surface area (Å²) in [4.78, 5) is 18.1. The van der Waals surface area contributed by atoms with Gasteiger partial charge >= 0.3 is 0 Å². The second-order valence-electron chi connectivity index (χ2n) is 5.12. The molecule has 0 saturated heterocycles. The number of nitrogens with two attached hydrogens (primary N) is 1. The van der Waals surface area contributed by atoms with Crippen molar-refractivity contribution in [3.8, 4) is 0 Å². The predicted octanol–water partition coefficient (Wildman–Crippen LogP) is 1.03. The van der Waals surface area contributed by atoms with Gasteiger partial charge in [-0.05, 0) is 35.7 Å². The van der Waals surface area contributed by atoms with Crippen LogP contribution < -0.4 is 10.6 Å². The average molecular weight is 283 g/mol. The van der Waals surface area contributed by atoms with E-state index in [4.69, 9.17) is 5.73 Å². The van der Waals surface area contributed by atoms with Gasteiger partial charge in [-0.1, -0.05) is 18.2 Å². The van der Waals surface area contributed by atoms with Crippen molar-refractivity contribution in [3.63, 3.8) is 0 Å². The summed E-state index contributed by atoms with van der Waals surface area (Å²) in [5.41, 5.74) is 8.59. The topological polar surface area (TPSA) is 79.5 Å². The van der Waals surface area contributed by atoms with Gasteiger partial charge in [-0.2, -0.15) is 0 Å². The van der Waals surface area contributed by atoms with Crippen molar-refractivity contribution in [3.05, 3.63) is 59.9 Å². The van der Waals surface area contributed by atoms with E-state index in [2.05, 4.69) is 4.98 Å². The van der Waals surface area contributed by atoms with Gasteiger partial charge in [-0.15, -0.1) is 0 Å². The molecule has 0 saturated carbocycles. The Labute approximate surface area is 123 Å². The SMILES string of the molecule is N[C@@H](C(=O)N1CCc2ccccc21)C(O)c1ccncc1. The average Bonchev–Trinajstić information content (AvgIpc) is 2.97. The summed E-state index contributed by atoms with van der Waals surface area (Å²) in [6.45, 7) is 0.606. The van der Waals surface area contributed by atoms with Crippen molar-refractivity contribution in [1.29, 1.82) is 0 Å². The number of carbonyl (C=O) groups excluding carboxylic acids is 1. The molecular weight excluding hydrogens is 266 g/mol. The first-order valence-corrected chi connectivity index (χ1v) is 6.91. The lowest BCUT2D eigenvalue weighted by Crippen LogP contribution is -2.46. The van der Waals surface area contributed by atoms with Crippen LogP contribution in [0.25, 0.3) is 0 Å². The first-order chi connectivity index (χ1) is 10.2. The first kappa shape index (κ1) is 13.7. The third kappa shape index (κ3) is 2.53. The summed E-state index contributed by atoms with van der Waals surface area (Å²) in [5, 5.41) is 10.3. The molecule has 1 unspecified atom stereocenters. The van der Waals surface area contributed by atoms with Gasteiger partial charge in [0.1, 0.15) is 12.1 Å². The van der Waals surface area contributed by atoms with Crippen LogP contribution in [0.15, 0.2) is 48.8 Å². The third-order valence-corrected chi connectivity index (χ3v) is 3.83. The first-order valence-electron chi connectivity index (χ1n) is 6.91. The van der Waals surface area contributed by atoms with Crippen molar-refractivity contribution in [1.82, 2.24) is 4.98 Å². The second-order valence-corrected chi connectivity index (χ2v) is 5.12. The number of benzene rings is 1. The number of rotatable bonds is 3. The summed E-state index contributed by atoms with van der Waals surface area (Å²) < 4.78 is 0. The lowest BCUT2D eigenvalue weighted by molar-refractivity contribution is -0.122. The molecule has 0 bridgehead atoms. The van der Waals surface area contributed by atoms with Crippen LogP contribution >= 0.6 is 0 Å². The second kappa shape index (κ2) is 5.63. The fraction of sp³-hybridized carbons (Fsp3) is 0.250. The van der Waals surface area contributed by atoms with E-state index < -0.39 is 12.1 Å². The number of pyridine rings is 1. The van der Waals surface area contributed by atoms with Gasteiger partial charge in [-0.25, -0.2) is 0 Å². The van der Waals surface area contributed by atoms with Crippen LogP contribution in [0.4, 0.5) is 5.69 Å². The minimum atomic E-state index is -1.03. The largest absolute Gasteiger partial charge is 0.386 e. The third-order valence-electron chi connectivity index (χ3n) is 3.83. The number of fused-ring (bicyclic) bond motifs is 1. The molecule has 21 heavy (non-hydrogen) atoms. The highest BCUT2D eigenvalue weighted by atomic mass is 16.3. The van der Waals surface area contributed by atoms with Crippen molar-refractivity contribution in [2.24, 2.45) is 5.73 Å². The highest BCUT2D eigenvalue weighted by Gasteiger charge is 2.32. The molecule has 2 heterocycles. The fourth-order valence-corrected chi connectivity index (χ4v) is 2.65. The Balaban J connectivity index is 1.80. The van der Waals surface area contributed by atoms with Gasteiger partial charge in [0.15, 0.2) is 0 Å². The van der Waals surface area contributed by atoms with Crippen LogP contribution in [0.1, 0.15) is 17.2 Å². The summed E-state index contributed by atoms with van der Waals surface area (Å²) in [5.74, 6) is -0.260. The minimum absolute atomic E-state index is 0.260. The quantitative estimate of drug-likeness (QED) is 0.882. The maximum Gasteiger partial charge on any atom is 0.246 e. The zero-order valence-electron chi connectivity index (χ0n) is 11.5. The van der Waals surface area contributed by atoms with Gasteiger partial charge in [-0.3, -0.25) is 9.78 Å². The van der Waals surface area contributed by atoms with Gasteiger partial charge in [0.05, 0.1) is 0 Å². The van der Waals surface area contributed by atoms with Crippen LogP contribution in [0, 0.1) is 0 Å². The Hall–Kier alpha value is -2.24. The minimum Gasteiger partial charge on any atom is -0.386 e. The van der Waals surface area contributed by atoms with Crippen LogP contribution in [-0.2, 0) is 11.2 Å². The van der Waals surface area contributed by atoms with Crippen molar-refractivity contribution < 1.29 is 9.90 Å². The van der Waals surface area contributed by atoms with E-state index in [9.17, 15) is 9.90 Å². The number of aliphatic hydroxyl groups is 1. The lowest BCUT2D eigenvalue weighted by Gasteiger charge is -2.24. The van der Waals surface area contributed by atoms with E-state index in [0.29, 0.717) is 12.1 Å². The highest BCUT2D eigenvalue weighted by Crippen LogP contribution is 2.29. The number of aliphatic hydroxyl groups excluding tert-OH is 1. The van der Waals surface area contributed by atoms with Gasteiger partial charge in [0.2, 0.25) is 5.91 Å². The zero-order chi connectivity index (χ0) is 14.8. The van der Waals surface area contributed by atoms with E-state index in [1.165, 1.54) is 0 Å². The Morgan fingerprint density at radius 2 is 1.95 bits per heavy atom. The standard InChI is InChI=1S/C16H17N3O2/c17-14(15(20)12-5-8-18-9-6-12)16(21)19-10-7-11-3-1-2-4-13(11)19/h1-6,8-9,14-15,20H,7,10,17H2/t14-,15?/m1/s1. The Bertz CT molecular complexity index is 645. The van der Waals surface area contributed by atoms with Crippen molar-refractivity contribution in [2.45, 2.75) is 18.6 Å². The van der Waals surface area contributed by atoms with E-state index in [0.717, 1.165) is 17.7 Å². The highest BCUT2D eigenvalue weighted by molar-refractivity contribution is 5.99. The number of nitrogens with zero attached hydrogens (tertiary/aromatic N) is 2. The van der Waals surface area contributed by atoms with Gasteiger partial charge < -0.3 is 15.7 Å². The molecule has 3 N–H and O–H groups in total. The van der Waals surface area contributed by atoms with Gasteiger partial charge in [0, 0.05) is 24.6 Å². The number of aromatic nitrogens is 1. The maximum absolute atomic E-state index is 12.5. The van der Waals surface area contributed by atoms with Crippen LogP contribution in [-0.4, -0.2) is 28.6 Å². The van der Waals surface area contributed by atoms with E-state index >= 15 is 0 Å². The molecule has 3 rings (SSSR count). The number of anilines is 1. The lowest BCUT2D eigenvalue weighted by atomic mass is 10.0. The molecule has 1 aliphatic heterocycles. The summed E-state index contributed by atoms with van der Waals surface area (Å²) in [6, 6.07) is 10.1. The van der Waals surface area contributed by atoms with E-state index in [1.54, 1.807) is 29.4 Å². The molecule has 0 spiro atoms. The van der Waals surface area contributed by atoms with Crippen molar-refractivity contribution >= 4 is 11.6 Å². The predicted molar refractivity (Wildman–Crippen MR) is 79.7 cm³/mol. The van der Waals surface area contributed by atoms with Crippen LogP contribution in [0.3, 0.4) is 0 Å². The Morgan fingerprint density at radius 1 is 1.24 bits per heavy atom. The zero-order valence-corrected chi connectivity index (χ0v) is 11.5. The molecule has 1 aliphatic rings. The van der Waals surface area contributed by atoms with Crippen LogP contribution in [0.2, 0.25) is 0 Å². The molecule has 108 valence electrons. The fourth-order valence-electron chi connectivity index (χ4n) is 2.65. The molecule has 1 amide bonds. The Morgan fingerprint density at radius 3 is 2.71 bits per heavy atom. The maximum atomic E-state index is 12.5. The van der Waals surface area contributed by atoms with Gasteiger partial charge in [0.25, 0.3) is 0 Å². The molecule has 1 aromatic heterocycles. The summed E-state index contributed by atoms with van der Waals surface area (Å²) in [6.07, 6.45) is 2.93. The smallest absolute Gasteiger partial charge is 0.246 e. The number of para-hydroxylation sites is 1. The van der Waals surface area contributed by atoms with E-state index in [-0.39, 0.29) is 5.91 Å². The number of hydrogen-bond donors (Lipinski definition) is 2. The van der Waals surface area contributed by atoms with E-state index in [1.807, 2.05) is 24.3 Å². The molecule has 5 heteroatoms. The number of hydrogen-bond acceptors (Lipinski definition) is 4.